The molecule has 0 bridgehead atoms. The summed E-state index contributed by atoms with van der Waals surface area (Å²) in [6.45, 7) is 4.98. The minimum Gasteiger partial charge on any atom is -0.248 e. The van der Waals surface area contributed by atoms with Gasteiger partial charge < -0.3 is 0 Å². The molecule has 0 N–H and O–H groups in total. The summed E-state index contributed by atoms with van der Waals surface area (Å²) in [6, 6.07) is 0. The normalized spacial score (nSPS) is 11.5. The van der Waals surface area contributed by atoms with Crippen molar-refractivity contribution in [1.29, 1.82) is 0 Å². The topological polar surface area (TPSA) is 52.6 Å². The van der Waals surface area contributed by atoms with E-state index in [4.69, 9.17) is 8.37 Å². The van der Waals surface area contributed by atoms with Crippen LogP contribution in [0.25, 0.3) is 0 Å². The fourth-order valence-corrected chi connectivity index (χ4v) is 4.25. The van der Waals surface area contributed by atoms with Crippen molar-refractivity contribution in [3.63, 3.8) is 0 Å². The van der Waals surface area contributed by atoms with Gasteiger partial charge in [-0.3, -0.25) is 0 Å². The maximum absolute atomic E-state index is 11.7. The number of unbranched alkanes of at least 4 members (excludes halogenated alkanes) is 18. The zero-order chi connectivity index (χ0) is 21.5. The molecule has 0 aliphatic rings. The quantitative estimate of drug-likeness (QED) is 0.110. The van der Waals surface area contributed by atoms with E-state index in [-0.39, 0.29) is 36.3 Å². The van der Waals surface area contributed by atoms with Gasteiger partial charge in [0.05, 0.1) is 13.2 Å². The minimum absolute atomic E-state index is 0. The van der Waals surface area contributed by atoms with E-state index < -0.39 is 10.4 Å². The zero-order valence-electron chi connectivity index (χ0n) is 20.3. The number of hydrogen-bond donors (Lipinski definition) is 0. The van der Waals surface area contributed by atoms with Crippen molar-refractivity contribution < 1.29 is 16.8 Å². The first kappa shape index (κ1) is 32.8. The Bertz CT molecular complexity index is 383. The first-order valence-electron chi connectivity index (χ1n) is 12.7. The van der Waals surface area contributed by atoms with Crippen LogP contribution in [0.2, 0.25) is 0 Å². The monoisotopic (exact) mass is 458 g/mol. The average molecular weight is 459 g/mol. The van der Waals surface area contributed by atoms with Crippen LogP contribution in [0, 0.1) is 0 Å². The van der Waals surface area contributed by atoms with Gasteiger partial charge >= 0.3 is 33.5 Å². The summed E-state index contributed by atoms with van der Waals surface area (Å²) in [4.78, 5) is 0. The van der Waals surface area contributed by atoms with Crippen LogP contribution in [0.15, 0.2) is 0 Å². The summed E-state index contributed by atoms with van der Waals surface area (Å²) in [7, 11) is -3.80. The molecule has 0 saturated heterocycles. The van der Waals surface area contributed by atoms with Crippen LogP contribution in [0.3, 0.4) is 0 Å². The van der Waals surface area contributed by atoms with Crippen LogP contribution in [0.5, 0.6) is 0 Å². The van der Waals surface area contributed by atoms with E-state index >= 15 is 0 Å². The summed E-state index contributed by atoms with van der Waals surface area (Å²) in [5.74, 6) is 0. The van der Waals surface area contributed by atoms with Gasteiger partial charge in [0.2, 0.25) is 0 Å². The van der Waals surface area contributed by atoms with Gasteiger partial charge in [-0.1, -0.05) is 129 Å². The molecule has 0 aliphatic heterocycles. The maximum atomic E-state index is 11.7. The molecule has 0 saturated carbocycles. The second-order valence-electron chi connectivity index (χ2n) is 8.42. The molecule has 0 fully saturated rings. The molecule has 0 unspecified atom stereocenters. The van der Waals surface area contributed by atoms with Gasteiger partial charge in [-0.2, -0.15) is 8.42 Å². The van der Waals surface area contributed by atoms with E-state index in [0.29, 0.717) is 0 Å². The van der Waals surface area contributed by atoms with Crippen LogP contribution in [0.1, 0.15) is 142 Å². The Labute approximate surface area is 205 Å². The molecule has 0 aromatic rings. The van der Waals surface area contributed by atoms with E-state index in [1.54, 1.807) is 0 Å². The van der Waals surface area contributed by atoms with Crippen molar-refractivity contribution in [1.82, 2.24) is 0 Å². The van der Waals surface area contributed by atoms with E-state index in [2.05, 4.69) is 13.8 Å². The fourth-order valence-electron chi connectivity index (χ4n) is 3.53. The Balaban J connectivity index is 0. The molecular weight excluding hydrogens is 409 g/mol. The fraction of sp³-hybridized carbons (Fsp3) is 1.00. The van der Waals surface area contributed by atoms with Crippen molar-refractivity contribution in [3.05, 3.63) is 0 Å². The molecule has 4 nitrogen and oxygen atoms in total. The number of hydrogen-bond acceptors (Lipinski definition) is 4. The van der Waals surface area contributed by atoms with Crippen molar-refractivity contribution in [2.45, 2.75) is 142 Å². The van der Waals surface area contributed by atoms with Crippen molar-refractivity contribution in [2.24, 2.45) is 0 Å². The van der Waals surface area contributed by atoms with E-state index in [9.17, 15) is 8.42 Å². The first-order chi connectivity index (χ1) is 14.1. The zero-order valence-corrected chi connectivity index (χ0v) is 22.5. The molecule has 0 aromatic carbocycles. The Hall–Kier alpha value is 0.636. The van der Waals surface area contributed by atoms with Crippen LogP contribution >= 0.6 is 0 Å². The Kier molecular flexibility index (Phi) is 28.3. The van der Waals surface area contributed by atoms with Crippen LogP contribution in [-0.4, -0.2) is 44.7 Å². The van der Waals surface area contributed by atoms with Crippen LogP contribution in [0.4, 0.5) is 0 Å². The first-order valence-corrected chi connectivity index (χ1v) is 14.0. The number of rotatable bonds is 24. The predicted octanol–water partition coefficient (Wildman–Crippen LogP) is 7.73. The standard InChI is InChI=1S/C24H50O4S.Mg/c1-3-5-7-9-11-13-15-17-19-21-23-27-29(25,26)28-24-22-20-18-16-14-12-10-8-6-4-2;/h3-24H2,1-2H3;/q;+2. The third kappa shape index (κ3) is 26.7. The molecule has 176 valence electrons. The van der Waals surface area contributed by atoms with E-state index in [1.165, 1.54) is 89.9 Å². The third-order valence-electron chi connectivity index (χ3n) is 5.45. The van der Waals surface area contributed by atoms with Gasteiger partial charge in [-0.25, -0.2) is 8.37 Å². The molecular formula is C24H50MgO4S+2. The molecule has 0 aliphatic carbocycles. The second-order valence-corrected chi connectivity index (χ2v) is 9.70. The molecule has 0 atom stereocenters. The largest absolute Gasteiger partial charge is 2.00 e. The molecule has 0 spiro atoms. The third-order valence-corrected chi connectivity index (χ3v) is 6.36. The van der Waals surface area contributed by atoms with Gasteiger partial charge in [-0.15, -0.1) is 0 Å². The van der Waals surface area contributed by atoms with E-state index in [0.717, 1.165) is 38.5 Å². The summed E-state index contributed by atoms with van der Waals surface area (Å²) >= 11 is 0. The van der Waals surface area contributed by atoms with Crippen LogP contribution in [-0.2, 0) is 18.8 Å². The Morgan fingerprint density at radius 2 is 0.667 bits per heavy atom. The van der Waals surface area contributed by atoms with Gasteiger partial charge in [0.25, 0.3) is 0 Å². The van der Waals surface area contributed by atoms with Gasteiger partial charge in [0, 0.05) is 0 Å². The molecule has 0 aromatic heterocycles. The van der Waals surface area contributed by atoms with E-state index in [1.807, 2.05) is 0 Å². The predicted molar refractivity (Wildman–Crippen MR) is 130 cm³/mol. The Morgan fingerprint density at radius 3 is 0.933 bits per heavy atom. The second kappa shape index (κ2) is 25.9. The van der Waals surface area contributed by atoms with Gasteiger partial charge in [0.15, 0.2) is 0 Å². The molecule has 0 heterocycles. The summed E-state index contributed by atoms with van der Waals surface area (Å²) in [5, 5.41) is 0. The SMILES string of the molecule is CCCCCCCCCCCCOS(=O)(=O)OCCCCCCCCCCCC.[Mg+2]. The molecule has 0 rings (SSSR count). The maximum Gasteiger partial charge on any atom is 2.00 e. The van der Waals surface area contributed by atoms with Gasteiger partial charge in [0.1, 0.15) is 0 Å². The molecule has 0 amide bonds. The molecule has 6 heteroatoms. The average Bonchev–Trinajstić information content (AvgIpc) is 2.70. The van der Waals surface area contributed by atoms with Gasteiger partial charge in [-0.05, 0) is 12.8 Å². The van der Waals surface area contributed by atoms with Crippen molar-refractivity contribution in [2.75, 3.05) is 13.2 Å². The summed E-state index contributed by atoms with van der Waals surface area (Å²) in [6.07, 6.45) is 24.4. The smallest absolute Gasteiger partial charge is 0.248 e. The Morgan fingerprint density at radius 1 is 0.433 bits per heavy atom. The van der Waals surface area contributed by atoms with Crippen molar-refractivity contribution >= 4 is 33.5 Å². The minimum atomic E-state index is -3.80. The molecule has 0 radical (unpaired) electrons. The van der Waals surface area contributed by atoms with Crippen molar-refractivity contribution in [3.8, 4) is 0 Å². The summed E-state index contributed by atoms with van der Waals surface area (Å²) in [5.41, 5.74) is 0. The van der Waals surface area contributed by atoms with Crippen LogP contribution < -0.4 is 0 Å². The molecule has 30 heavy (non-hydrogen) atoms. The summed E-state index contributed by atoms with van der Waals surface area (Å²) < 4.78 is 33.3.